The summed E-state index contributed by atoms with van der Waals surface area (Å²) in [7, 11) is 1.96. The van der Waals surface area contributed by atoms with Gasteiger partial charge in [0.15, 0.2) is 0 Å². The molecule has 0 amide bonds. The maximum absolute atomic E-state index is 7.64. The molecule has 2 rings (SSSR count). The van der Waals surface area contributed by atoms with Crippen LogP contribution in [0.1, 0.15) is 11.3 Å². The van der Waals surface area contributed by atoms with E-state index in [1.54, 1.807) is 6.20 Å². The smallest absolute Gasteiger partial charge is 0.124 e. The number of nitrogens with two attached hydrogens (primary N) is 1. The number of benzene rings is 1. The minimum atomic E-state index is 0.0652. The number of pyridine rings is 1. The van der Waals surface area contributed by atoms with Gasteiger partial charge in [0.25, 0.3) is 0 Å². The number of nitrogens with one attached hydrogen (secondary N) is 1. The third-order valence-electron chi connectivity index (χ3n) is 2.79. The lowest BCUT2D eigenvalue weighted by Crippen LogP contribution is -2.22. The van der Waals surface area contributed by atoms with Crippen molar-refractivity contribution in [1.29, 1.82) is 5.41 Å². The number of hydrogen-bond donors (Lipinski definition) is 2. The molecule has 1 heterocycles. The van der Waals surface area contributed by atoms with Gasteiger partial charge in [-0.15, -0.1) is 0 Å². The Balaban J connectivity index is 2.30. The summed E-state index contributed by atoms with van der Waals surface area (Å²) in [5.74, 6) is 0.0652. The first kappa shape index (κ1) is 13.5. The normalized spacial score (nSPS) is 10.2. The van der Waals surface area contributed by atoms with Gasteiger partial charge in [0, 0.05) is 29.0 Å². The van der Waals surface area contributed by atoms with E-state index < -0.39 is 0 Å². The van der Waals surface area contributed by atoms with Crippen molar-refractivity contribution in [2.24, 2.45) is 5.73 Å². The van der Waals surface area contributed by atoms with E-state index in [2.05, 4.69) is 20.9 Å². The molecule has 0 saturated carbocycles. The molecule has 19 heavy (non-hydrogen) atoms. The van der Waals surface area contributed by atoms with Gasteiger partial charge in [-0.1, -0.05) is 22.0 Å². The zero-order valence-corrected chi connectivity index (χ0v) is 12.2. The molecular weight excluding hydrogens is 304 g/mol. The first-order valence-corrected chi connectivity index (χ1v) is 6.62. The van der Waals surface area contributed by atoms with Crippen LogP contribution in [0, 0.1) is 5.41 Å². The summed E-state index contributed by atoms with van der Waals surface area (Å²) in [6.07, 6.45) is 1.77. The molecular formula is C14H15BrN4. The Labute approximate surface area is 120 Å². The highest BCUT2D eigenvalue weighted by molar-refractivity contribution is 9.10. The molecule has 0 saturated heterocycles. The van der Waals surface area contributed by atoms with Gasteiger partial charge in [-0.3, -0.25) is 10.4 Å². The van der Waals surface area contributed by atoms with E-state index in [-0.39, 0.29) is 5.84 Å². The van der Waals surface area contributed by atoms with Gasteiger partial charge in [0.2, 0.25) is 0 Å². The number of hydrogen-bond acceptors (Lipinski definition) is 3. The number of amidine groups is 1. The predicted molar refractivity (Wildman–Crippen MR) is 81.5 cm³/mol. The molecule has 1 aromatic heterocycles. The van der Waals surface area contributed by atoms with Crippen LogP contribution in [0.3, 0.4) is 0 Å². The third-order valence-corrected chi connectivity index (χ3v) is 3.28. The van der Waals surface area contributed by atoms with E-state index in [0.717, 1.165) is 21.4 Å². The lowest BCUT2D eigenvalue weighted by Gasteiger charge is -2.22. The van der Waals surface area contributed by atoms with Gasteiger partial charge < -0.3 is 10.6 Å². The minimum Gasteiger partial charge on any atom is -0.384 e. The van der Waals surface area contributed by atoms with Gasteiger partial charge in [-0.05, 0) is 30.3 Å². The number of aromatic nitrogens is 1. The SMILES string of the molecule is CN(Cc1ccccn1)c1cc(Br)ccc1C(=N)N. The summed E-state index contributed by atoms with van der Waals surface area (Å²) in [5, 5.41) is 7.64. The second-order valence-corrected chi connectivity index (χ2v) is 5.17. The Morgan fingerprint density at radius 2 is 2.16 bits per heavy atom. The number of rotatable bonds is 4. The van der Waals surface area contributed by atoms with Crippen molar-refractivity contribution in [2.45, 2.75) is 6.54 Å². The Morgan fingerprint density at radius 1 is 1.37 bits per heavy atom. The van der Waals surface area contributed by atoms with E-state index >= 15 is 0 Å². The Bertz CT molecular complexity index is 583. The van der Waals surface area contributed by atoms with E-state index in [0.29, 0.717) is 6.54 Å². The van der Waals surface area contributed by atoms with Crippen LogP contribution in [0.15, 0.2) is 47.1 Å². The molecule has 0 radical (unpaired) electrons. The van der Waals surface area contributed by atoms with Crippen LogP contribution in [0.5, 0.6) is 0 Å². The van der Waals surface area contributed by atoms with Crippen LogP contribution >= 0.6 is 15.9 Å². The summed E-state index contributed by atoms with van der Waals surface area (Å²) in [6.45, 7) is 0.664. The summed E-state index contributed by atoms with van der Waals surface area (Å²) < 4.78 is 0.959. The van der Waals surface area contributed by atoms with E-state index in [1.807, 2.05) is 48.3 Å². The first-order chi connectivity index (χ1) is 9.08. The van der Waals surface area contributed by atoms with Gasteiger partial charge >= 0.3 is 0 Å². The summed E-state index contributed by atoms with van der Waals surface area (Å²) in [5.41, 5.74) is 8.23. The fourth-order valence-corrected chi connectivity index (χ4v) is 2.22. The fraction of sp³-hybridized carbons (Fsp3) is 0.143. The number of anilines is 1. The molecule has 3 N–H and O–H groups in total. The zero-order valence-electron chi connectivity index (χ0n) is 10.6. The molecule has 0 bridgehead atoms. The summed E-state index contributed by atoms with van der Waals surface area (Å²) >= 11 is 3.45. The minimum absolute atomic E-state index is 0.0652. The number of halogens is 1. The monoisotopic (exact) mass is 318 g/mol. The van der Waals surface area contributed by atoms with Gasteiger partial charge in [-0.2, -0.15) is 0 Å². The molecule has 0 atom stereocenters. The molecule has 98 valence electrons. The van der Waals surface area contributed by atoms with Crippen LogP contribution in [-0.4, -0.2) is 17.9 Å². The highest BCUT2D eigenvalue weighted by Gasteiger charge is 2.11. The Morgan fingerprint density at radius 3 is 2.79 bits per heavy atom. The molecule has 4 nitrogen and oxygen atoms in total. The average Bonchev–Trinajstić information content (AvgIpc) is 2.39. The van der Waals surface area contributed by atoms with Crippen molar-refractivity contribution >= 4 is 27.5 Å². The van der Waals surface area contributed by atoms with E-state index in [9.17, 15) is 0 Å². The number of nitrogen functional groups attached to an aromatic ring is 1. The highest BCUT2D eigenvalue weighted by atomic mass is 79.9. The maximum atomic E-state index is 7.64. The molecule has 0 spiro atoms. The highest BCUT2D eigenvalue weighted by Crippen LogP contribution is 2.25. The van der Waals surface area contributed by atoms with Crippen molar-refractivity contribution in [3.63, 3.8) is 0 Å². The average molecular weight is 319 g/mol. The standard InChI is InChI=1S/C14H15BrN4/c1-19(9-11-4-2-3-7-18-11)13-8-10(15)5-6-12(13)14(16)17/h2-8H,9H2,1H3,(H3,16,17). The molecule has 2 aromatic rings. The largest absolute Gasteiger partial charge is 0.384 e. The molecule has 0 unspecified atom stereocenters. The maximum Gasteiger partial charge on any atom is 0.124 e. The molecule has 1 aromatic carbocycles. The van der Waals surface area contributed by atoms with Crippen LogP contribution in [-0.2, 0) is 6.54 Å². The second kappa shape index (κ2) is 5.84. The van der Waals surface area contributed by atoms with E-state index in [4.69, 9.17) is 11.1 Å². The van der Waals surface area contributed by atoms with Crippen molar-refractivity contribution in [3.8, 4) is 0 Å². The van der Waals surface area contributed by atoms with Crippen LogP contribution in [0.4, 0.5) is 5.69 Å². The van der Waals surface area contributed by atoms with Crippen LogP contribution < -0.4 is 10.6 Å². The van der Waals surface area contributed by atoms with Crippen molar-refractivity contribution in [3.05, 3.63) is 58.3 Å². The van der Waals surface area contributed by atoms with E-state index in [1.165, 1.54) is 0 Å². The van der Waals surface area contributed by atoms with Crippen molar-refractivity contribution in [2.75, 3.05) is 11.9 Å². The van der Waals surface area contributed by atoms with Crippen LogP contribution in [0.2, 0.25) is 0 Å². The number of nitrogens with zero attached hydrogens (tertiary/aromatic N) is 2. The van der Waals surface area contributed by atoms with Gasteiger partial charge in [0.1, 0.15) is 5.84 Å². The predicted octanol–water partition coefficient (Wildman–Crippen LogP) is 2.76. The lowest BCUT2D eigenvalue weighted by atomic mass is 10.1. The molecule has 0 fully saturated rings. The topological polar surface area (TPSA) is 66.0 Å². The zero-order chi connectivity index (χ0) is 13.8. The van der Waals surface area contributed by atoms with Crippen molar-refractivity contribution in [1.82, 2.24) is 4.98 Å². The Hall–Kier alpha value is -1.88. The van der Waals surface area contributed by atoms with Crippen LogP contribution in [0.25, 0.3) is 0 Å². The summed E-state index contributed by atoms with van der Waals surface area (Å²) in [6, 6.07) is 11.5. The molecule has 0 aliphatic rings. The fourth-order valence-electron chi connectivity index (χ4n) is 1.87. The first-order valence-electron chi connectivity index (χ1n) is 5.83. The van der Waals surface area contributed by atoms with Gasteiger partial charge in [0.05, 0.1) is 12.2 Å². The molecule has 0 aliphatic heterocycles. The lowest BCUT2D eigenvalue weighted by molar-refractivity contribution is 0.883. The third kappa shape index (κ3) is 3.32. The molecule has 5 heteroatoms. The van der Waals surface area contributed by atoms with Crippen molar-refractivity contribution < 1.29 is 0 Å². The van der Waals surface area contributed by atoms with Gasteiger partial charge in [-0.25, -0.2) is 0 Å². The quantitative estimate of drug-likeness (QED) is 0.673. The summed E-state index contributed by atoms with van der Waals surface area (Å²) in [4.78, 5) is 6.33. The second-order valence-electron chi connectivity index (χ2n) is 4.25. The molecule has 0 aliphatic carbocycles. The Kier molecular flexibility index (Phi) is 4.16.